The third-order valence-electron chi connectivity index (χ3n) is 2.50. The van der Waals surface area contributed by atoms with Gasteiger partial charge in [0.05, 0.1) is 16.3 Å². The fourth-order valence-electron chi connectivity index (χ4n) is 1.63. The Hall–Kier alpha value is -2.15. The molecule has 1 aromatic heterocycles. The molecule has 0 spiro atoms. The van der Waals surface area contributed by atoms with Crippen LogP contribution >= 0.6 is 11.6 Å². The third kappa shape index (κ3) is 2.00. The molecule has 0 fully saturated rings. The maximum atomic E-state index is 10.7. The molecule has 94 valence electrons. The van der Waals surface area contributed by atoms with Crippen LogP contribution in [0.2, 0.25) is 5.02 Å². The molecule has 8 heteroatoms. The number of aromatic nitrogens is 3. The van der Waals surface area contributed by atoms with Crippen molar-refractivity contribution in [1.29, 1.82) is 0 Å². The SMILES string of the molecule is CCc1c(N)nnn1-c1ccc([N+](=O)[O-])c(Cl)c1. The van der Waals surface area contributed by atoms with Crippen LogP contribution in [-0.2, 0) is 6.42 Å². The molecule has 2 rings (SSSR count). The number of anilines is 1. The molecule has 2 aromatic rings. The fraction of sp³-hybridized carbons (Fsp3) is 0.200. The number of hydrogen-bond donors (Lipinski definition) is 1. The van der Waals surface area contributed by atoms with Crippen LogP contribution in [0.4, 0.5) is 11.5 Å². The normalized spacial score (nSPS) is 10.6. The topological polar surface area (TPSA) is 99.9 Å². The Balaban J connectivity index is 2.52. The van der Waals surface area contributed by atoms with Crippen molar-refractivity contribution in [3.8, 4) is 5.69 Å². The first kappa shape index (κ1) is 12.3. The summed E-state index contributed by atoms with van der Waals surface area (Å²) in [6.07, 6.45) is 0.646. The highest BCUT2D eigenvalue weighted by molar-refractivity contribution is 6.32. The Morgan fingerprint density at radius 3 is 2.83 bits per heavy atom. The van der Waals surface area contributed by atoms with Gasteiger partial charge < -0.3 is 5.73 Å². The number of benzene rings is 1. The lowest BCUT2D eigenvalue weighted by molar-refractivity contribution is -0.384. The van der Waals surface area contributed by atoms with Crippen LogP contribution in [0.1, 0.15) is 12.6 Å². The van der Waals surface area contributed by atoms with E-state index in [1.807, 2.05) is 6.92 Å². The lowest BCUT2D eigenvalue weighted by Gasteiger charge is -2.05. The van der Waals surface area contributed by atoms with E-state index < -0.39 is 4.92 Å². The molecule has 0 atom stereocenters. The van der Waals surface area contributed by atoms with Gasteiger partial charge in [-0.1, -0.05) is 23.7 Å². The summed E-state index contributed by atoms with van der Waals surface area (Å²) in [5, 5.41) is 18.4. The second-order valence-corrected chi connectivity index (χ2v) is 3.99. The standard InChI is InChI=1S/C10H10ClN5O2/c1-2-8-10(12)13-14-15(8)6-3-4-9(16(17)18)7(11)5-6/h3-5H,2,12H2,1H3. The minimum Gasteiger partial charge on any atom is -0.381 e. The number of nitrogen functional groups attached to an aromatic ring is 1. The van der Waals surface area contributed by atoms with Crippen LogP contribution in [-0.4, -0.2) is 19.9 Å². The van der Waals surface area contributed by atoms with Crippen molar-refractivity contribution in [2.45, 2.75) is 13.3 Å². The molecule has 0 aliphatic heterocycles. The van der Waals surface area contributed by atoms with Crippen LogP contribution in [0.5, 0.6) is 0 Å². The van der Waals surface area contributed by atoms with Gasteiger partial charge in [-0.15, -0.1) is 5.10 Å². The monoisotopic (exact) mass is 267 g/mol. The smallest absolute Gasteiger partial charge is 0.288 e. The van der Waals surface area contributed by atoms with Gasteiger partial charge in [-0.2, -0.15) is 0 Å². The Morgan fingerprint density at radius 1 is 1.56 bits per heavy atom. The zero-order valence-corrected chi connectivity index (χ0v) is 10.3. The molecular weight excluding hydrogens is 258 g/mol. The van der Waals surface area contributed by atoms with Crippen molar-refractivity contribution in [2.24, 2.45) is 0 Å². The number of rotatable bonds is 3. The first-order valence-electron chi connectivity index (χ1n) is 5.19. The highest BCUT2D eigenvalue weighted by Gasteiger charge is 2.15. The maximum Gasteiger partial charge on any atom is 0.288 e. The van der Waals surface area contributed by atoms with Gasteiger partial charge in [0, 0.05) is 6.07 Å². The van der Waals surface area contributed by atoms with Gasteiger partial charge in [-0.25, -0.2) is 4.68 Å². The second kappa shape index (κ2) is 4.61. The van der Waals surface area contributed by atoms with Crippen molar-refractivity contribution >= 4 is 23.1 Å². The molecule has 0 bridgehead atoms. The van der Waals surface area contributed by atoms with E-state index in [9.17, 15) is 10.1 Å². The number of halogens is 1. The van der Waals surface area contributed by atoms with Crippen molar-refractivity contribution in [3.05, 3.63) is 39.0 Å². The van der Waals surface area contributed by atoms with Gasteiger partial charge in [-0.05, 0) is 18.6 Å². The van der Waals surface area contributed by atoms with Crippen LogP contribution in [0, 0.1) is 10.1 Å². The zero-order valence-electron chi connectivity index (χ0n) is 9.50. The zero-order chi connectivity index (χ0) is 13.3. The van der Waals surface area contributed by atoms with Crippen molar-refractivity contribution < 1.29 is 4.92 Å². The molecule has 0 saturated heterocycles. The Morgan fingerprint density at radius 2 is 2.28 bits per heavy atom. The van der Waals surface area contributed by atoms with Gasteiger partial charge in [0.2, 0.25) is 0 Å². The maximum absolute atomic E-state index is 10.7. The molecule has 0 aliphatic carbocycles. The minimum atomic E-state index is -0.539. The van der Waals surface area contributed by atoms with E-state index >= 15 is 0 Å². The predicted molar refractivity (Wildman–Crippen MR) is 66.8 cm³/mol. The van der Waals surface area contributed by atoms with Crippen molar-refractivity contribution in [1.82, 2.24) is 15.0 Å². The fourth-order valence-corrected chi connectivity index (χ4v) is 1.87. The summed E-state index contributed by atoms with van der Waals surface area (Å²) in [6, 6.07) is 4.35. The molecule has 0 amide bonds. The summed E-state index contributed by atoms with van der Waals surface area (Å²) in [5.74, 6) is 0.340. The van der Waals surface area contributed by atoms with Gasteiger partial charge in [0.1, 0.15) is 5.02 Å². The second-order valence-electron chi connectivity index (χ2n) is 3.58. The molecule has 1 aromatic carbocycles. The van der Waals surface area contributed by atoms with Crippen molar-refractivity contribution in [2.75, 3.05) is 5.73 Å². The van der Waals surface area contributed by atoms with E-state index in [1.165, 1.54) is 16.8 Å². The molecule has 7 nitrogen and oxygen atoms in total. The summed E-state index contributed by atoms with van der Waals surface area (Å²) in [6.45, 7) is 1.92. The number of nitro groups is 1. The lowest BCUT2D eigenvalue weighted by Crippen LogP contribution is -2.03. The molecule has 18 heavy (non-hydrogen) atoms. The van der Waals surface area contributed by atoms with E-state index in [0.717, 1.165) is 5.69 Å². The lowest BCUT2D eigenvalue weighted by atomic mass is 10.2. The summed E-state index contributed by atoms with van der Waals surface area (Å²) >= 11 is 5.84. The van der Waals surface area contributed by atoms with Gasteiger partial charge in [0.25, 0.3) is 5.69 Å². The van der Waals surface area contributed by atoms with Gasteiger partial charge in [-0.3, -0.25) is 10.1 Å². The predicted octanol–water partition coefficient (Wildman–Crippen LogP) is 1.97. The molecule has 0 aliphatic rings. The number of nitro benzene ring substituents is 1. The van der Waals surface area contributed by atoms with E-state index in [-0.39, 0.29) is 10.7 Å². The van der Waals surface area contributed by atoms with Crippen LogP contribution in [0.3, 0.4) is 0 Å². The summed E-state index contributed by atoms with van der Waals surface area (Å²) < 4.78 is 1.52. The third-order valence-corrected chi connectivity index (χ3v) is 2.80. The van der Waals surface area contributed by atoms with Crippen molar-refractivity contribution in [3.63, 3.8) is 0 Å². The highest BCUT2D eigenvalue weighted by atomic mass is 35.5. The van der Waals surface area contributed by atoms with Crippen LogP contribution in [0.25, 0.3) is 5.69 Å². The first-order chi connectivity index (χ1) is 8.54. The molecule has 2 N–H and O–H groups in total. The van der Waals surface area contributed by atoms with E-state index in [2.05, 4.69) is 10.3 Å². The molecule has 0 unspecified atom stereocenters. The average molecular weight is 268 g/mol. The molecule has 1 heterocycles. The summed E-state index contributed by atoms with van der Waals surface area (Å²) in [4.78, 5) is 10.1. The molecule has 0 saturated carbocycles. The number of nitrogens with two attached hydrogens (primary N) is 1. The molecule has 0 radical (unpaired) electrons. The Bertz CT molecular complexity index is 610. The largest absolute Gasteiger partial charge is 0.381 e. The van der Waals surface area contributed by atoms with E-state index in [0.29, 0.717) is 17.9 Å². The molecular formula is C10H10ClN5O2. The van der Waals surface area contributed by atoms with Gasteiger partial charge >= 0.3 is 0 Å². The quantitative estimate of drug-likeness (QED) is 0.677. The summed E-state index contributed by atoms with van der Waals surface area (Å²) in [7, 11) is 0. The first-order valence-corrected chi connectivity index (χ1v) is 5.56. The van der Waals surface area contributed by atoms with E-state index in [4.69, 9.17) is 17.3 Å². The van der Waals surface area contributed by atoms with Gasteiger partial charge in [0.15, 0.2) is 5.82 Å². The minimum absolute atomic E-state index is 0.0497. The van der Waals surface area contributed by atoms with Crippen LogP contribution in [0.15, 0.2) is 18.2 Å². The number of nitrogens with zero attached hydrogens (tertiary/aromatic N) is 4. The highest BCUT2D eigenvalue weighted by Crippen LogP contribution is 2.27. The number of hydrogen-bond acceptors (Lipinski definition) is 5. The Kier molecular flexibility index (Phi) is 3.15. The summed E-state index contributed by atoms with van der Waals surface area (Å²) in [5.41, 5.74) is 6.85. The van der Waals surface area contributed by atoms with E-state index in [1.54, 1.807) is 6.07 Å². The van der Waals surface area contributed by atoms with Crippen LogP contribution < -0.4 is 5.73 Å². The average Bonchev–Trinajstić information content (AvgIpc) is 2.69. The Labute approximate surface area is 107 Å².